The summed E-state index contributed by atoms with van der Waals surface area (Å²) in [4.78, 5) is 11.8. The van der Waals surface area contributed by atoms with E-state index >= 15 is 0 Å². The molecule has 0 amide bonds. The predicted molar refractivity (Wildman–Crippen MR) is 88.7 cm³/mol. The Morgan fingerprint density at radius 1 is 1.27 bits per heavy atom. The normalized spacial score (nSPS) is 12.0. The number of fused-ring (bicyclic) bond motifs is 1. The Kier molecular flexibility index (Phi) is 4.61. The minimum atomic E-state index is -0.901. The topological polar surface area (TPSA) is 62.5 Å². The third-order valence-electron chi connectivity index (χ3n) is 4.09. The van der Waals surface area contributed by atoms with Gasteiger partial charge in [-0.25, -0.2) is 4.79 Å². The van der Waals surface area contributed by atoms with Gasteiger partial charge in [0.25, 0.3) is 0 Å². The molecular formula is C18H25NO3. The monoisotopic (exact) mass is 303 g/mol. The lowest BCUT2D eigenvalue weighted by atomic mass is 9.85. The van der Waals surface area contributed by atoms with Crippen molar-refractivity contribution in [1.82, 2.24) is 4.57 Å². The molecule has 0 bridgehead atoms. The van der Waals surface area contributed by atoms with Crippen molar-refractivity contribution in [2.45, 2.75) is 52.5 Å². The molecule has 2 rings (SSSR count). The Balaban J connectivity index is 2.78. The molecule has 1 aromatic heterocycles. The van der Waals surface area contributed by atoms with Crippen LogP contribution in [0.15, 0.2) is 18.3 Å². The second-order valence-electron chi connectivity index (χ2n) is 6.75. The molecule has 1 heterocycles. The van der Waals surface area contributed by atoms with Crippen molar-refractivity contribution in [2.24, 2.45) is 0 Å². The van der Waals surface area contributed by atoms with Gasteiger partial charge in [-0.2, -0.15) is 0 Å². The van der Waals surface area contributed by atoms with Crippen LogP contribution in [0.2, 0.25) is 0 Å². The summed E-state index contributed by atoms with van der Waals surface area (Å²) in [5.41, 5.74) is 3.20. The van der Waals surface area contributed by atoms with Gasteiger partial charge in [-0.3, -0.25) is 0 Å². The number of aliphatic hydroxyl groups excluding tert-OH is 1. The second kappa shape index (κ2) is 6.13. The molecule has 4 nitrogen and oxygen atoms in total. The average molecular weight is 303 g/mol. The maximum absolute atomic E-state index is 11.8. The molecule has 0 unspecified atom stereocenters. The van der Waals surface area contributed by atoms with Crippen molar-refractivity contribution < 1.29 is 15.0 Å². The summed E-state index contributed by atoms with van der Waals surface area (Å²) in [5, 5.41) is 19.7. The van der Waals surface area contributed by atoms with Crippen LogP contribution in [-0.2, 0) is 18.4 Å². The van der Waals surface area contributed by atoms with Crippen LogP contribution >= 0.6 is 0 Å². The summed E-state index contributed by atoms with van der Waals surface area (Å²) in [5.74, 6) is -0.901. The van der Waals surface area contributed by atoms with Crippen molar-refractivity contribution in [3.8, 4) is 0 Å². The Bertz CT molecular complexity index is 692. The number of nitrogens with zero attached hydrogens (tertiary/aromatic N) is 1. The molecule has 1 aromatic carbocycles. The van der Waals surface area contributed by atoms with Crippen molar-refractivity contribution in [3.05, 3.63) is 35.0 Å². The number of aliphatic hydroxyl groups is 1. The van der Waals surface area contributed by atoms with Crippen molar-refractivity contribution >= 4 is 16.9 Å². The lowest BCUT2D eigenvalue weighted by Gasteiger charge is -2.20. The molecule has 0 aliphatic carbocycles. The van der Waals surface area contributed by atoms with Crippen LogP contribution in [0, 0.1) is 0 Å². The van der Waals surface area contributed by atoms with Crippen molar-refractivity contribution in [3.63, 3.8) is 0 Å². The van der Waals surface area contributed by atoms with E-state index in [9.17, 15) is 9.90 Å². The highest BCUT2D eigenvalue weighted by Gasteiger charge is 2.22. The molecule has 22 heavy (non-hydrogen) atoms. The van der Waals surface area contributed by atoms with Gasteiger partial charge in [-0.05, 0) is 41.5 Å². The third kappa shape index (κ3) is 3.02. The molecule has 0 fully saturated rings. The number of carboxylic acid groups (broad SMARTS) is 1. The van der Waals surface area contributed by atoms with Crippen LogP contribution in [0.3, 0.4) is 0 Å². The van der Waals surface area contributed by atoms with Gasteiger partial charge >= 0.3 is 5.97 Å². The molecule has 0 saturated carbocycles. The zero-order valence-corrected chi connectivity index (χ0v) is 13.8. The first kappa shape index (κ1) is 16.6. The van der Waals surface area contributed by atoms with Gasteiger partial charge in [0.2, 0.25) is 0 Å². The van der Waals surface area contributed by atoms with Gasteiger partial charge in [0, 0.05) is 24.7 Å². The van der Waals surface area contributed by atoms with Gasteiger partial charge in [0.05, 0.1) is 11.1 Å². The molecular weight excluding hydrogens is 278 g/mol. The fourth-order valence-electron chi connectivity index (χ4n) is 2.81. The average Bonchev–Trinajstić information content (AvgIpc) is 2.81. The van der Waals surface area contributed by atoms with E-state index in [1.54, 1.807) is 6.07 Å². The first-order valence-corrected chi connectivity index (χ1v) is 7.80. The predicted octanol–water partition coefficient (Wildman–Crippen LogP) is 3.58. The molecule has 0 spiro atoms. The molecule has 2 N–H and O–H groups in total. The minimum absolute atomic E-state index is 0.101. The molecule has 0 saturated heterocycles. The van der Waals surface area contributed by atoms with E-state index in [-0.39, 0.29) is 12.0 Å². The van der Waals surface area contributed by atoms with Crippen LogP contribution in [0.25, 0.3) is 10.9 Å². The lowest BCUT2D eigenvalue weighted by Crippen LogP contribution is -2.13. The SMILES string of the molecule is CCc1cn(CCCO)c2c(C(=O)O)cc(C(C)(C)C)cc12. The number of carbonyl (C=O) groups is 1. The highest BCUT2D eigenvalue weighted by Crippen LogP contribution is 2.32. The quantitative estimate of drug-likeness (QED) is 0.887. The zero-order chi connectivity index (χ0) is 16.5. The van der Waals surface area contributed by atoms with Crippen LogP contribution < -0.4 is 0 Å². The van der Waals surface area contributed by atoms with Crippen LogP contribution in [0.1, 0.15) is 55.6 Å². The summed E-state index contributed by atoms with van der Waals surface area (Å²) >= 11 is 0. The van der Waals surface area contributed by atoms with Crippen molar-refractivity contribution in [1.29, 1.82) is 0 Å². The van der Waals surface area contributed by atoms with Crippen LogP contribution in [0.4, 0.5) is 0 Å². The Hall–Kier alpha value is -1.81. The van der Waals surface area contributed by atoms with Gasteiger partial charge in [-0.1, -0.05) is 27.7 Å². The summed E-state index contributed by atoms with van der Waals surface area (Å²) < 4.78 is 1.97. The molecule has 0 aliphatic rings. The summed E-state index contributed by atoms with van der Waals surface area (Å²) in [6, 6.07) is 3.91. The lowest BCUT2D eigenvalue weighted by molar-refractivity contribution is 0.0698. The zero-order valence-electron chi connectivity index (χ0n) is 13.8. The molecule has 2 aromatic rings. The van der Waals surface area contributed by atoms with Gasteiger partial charge in [0.1, 0.15) is 0 Å². The van der Waals surface area contributed by atoms with E-state index in [4.69, 9.17) is 5.11 Å². The number of rotatable bonds is 5. The molecule has 120 valence electrons. The summed E-state index contributed by atoms with van der Waals surface area (Å²) in [6.45, 7) is 9.08. The Morgan fingerprint density at radius 2 is 1.95 bits per heavy atom. The largest absolute Gasteiger partial charge is 0.478 e. The maximum atomic E-state index is 11.8. The number of aromatic nitrogens is 1. The molecule has 0 atom stereocenters. The van der Waals surface area contributed by atoms with E-state index < -0.39 is 5.97 Å². The van der Waals surface area contributed by atoms with Gasteiger partial charge < -0.3 is 14.8 Å². The highest BCUT2D eigenvalue weighted by molar-refractivity contribution is 6.04. The number of aryl methyl sites for hydroxylation is 2. The summed E-state index contributed by atoms with van der Waals surface area (Å²) in [6.07, 6.45) is 3.50. The van der Waals surface area contributed by atoms with E-state index in [2.05, 4.69) is 33.8 Å². The number of carboxylic acids is 1. The Morgan fingerprint density at radius 3 is 2.45 bits per heavy atom. The fraction of sp³-hybridized carbons (Fsp3) is 0.500. The van der Waals surface area contributed by atoms with Gasteiger partial charge in [-0.15, -0.1) is 0 Å². The van der Waals surface area contributed by atoms with Crippen molar-refractivity contribution in [2.75, 3.05) is 6.61 Å². The fourth-order valence-corrected chi connectivity index (χ4v) is 2.81. The molecule has 0 aliphatic heterocycles. The van der Waals surface area contributed by atoms with Crippen LogP contribution in [-0.4, -0.2) is 27.4 Å². The number of benzene rings is 1. The molecule has 0 radical (unpaired) electrons. The van der Waals surface area contributed by atoms with Crippen LogP contribution in [0.5, 0.6) is 0 Å². The number of aromatic carboxylic acids is 1. The second-order valence-corrected chi connectivity index (χ2v) is 6.75. The smallest absolute Gasteiger partial charge is 0.337 e. The standard InChI is InChI=1S/C18H25NO3/c1-5-12-11-19(7-6-8-20)16-14(12)9-13(18(2,3)4)10-15(16)17(21)22/h9-11,20H,5-8H2,1-4H3,(H,21,22). The summed E-state index contributed by atoms with van der Waals surface area (Å²) in [7, 11) is 0. The third-order valence-corrected chi connectivity index (χ3v) is 4.09. The maximum Gasteiger partial charge on any atom is 0.337 e. The Labute approximate surface area is 131 Å². The molecule has 4 heteroatoms. The first-order chi connectivity index (χ1) is 10.3. The van der Waals surface area contributed by atoms with Gasteiger partial charge in [0.15, 0.2) is 0 Å². The number of hydrogen-bond acceptors (Lipinski definition) is 2. The number of hydrogen-bond donors (Lipinski definition) is 2. The highest BCUT2D eigenvalue weighted by atomic mass is 16.4. The van der Waals surface area contributed by atoms with E-state index in [1.807, 2.05) is 10.8 Å². The van der Waals surface area contributed by atoms with E-state index in [1.165, 1.54) is 0 Å². The van der Waals surface area contributed by atoms with E-state index in [0.29, 0.717) is 18.5 Å². The van der Waals surface area contributed by atoms with E-state index in [0.717, 1.165) is 28.5 Å². The first-order valence-electron chi connectivity index (χ1n) is 7.80. The minimum Gasteiger partial charge on any atom is -0.478 e.